The topological polar surface area (TPSA) is 108 Å². The summed E-state index contributed by atoms with van der Waals surface area (Å²) in [5.41, 5.74) is 5.46. The molecule has 3 aromatic carbocycles. The molecule has 3 aromatic rings. The van der Waals surface area contributed by atoms with E-state index in [1.54, 1.807) is 13.8 Å². The second kappa shape index (κ2) is 12.6. The van der Waals surface area contributed by atoms with E-state index in [9.17, 15) is 19.5 Å². The van der Waals surface area contributed by atoms with Crippen molar-refractivity contribution in [2.75, 3.05) is 20.2 Å². The molecule has 2 amide bonds. The molecule has 4 rings (SSSR count). The van der Waals surface area contributed by atoms with Gasteiger partial charge in [-0.1, -0.05) is 92.7 Å². The van der Waals surface area contributed by atoms with Crippen LogP contribution in [0.4, 0.5) is 4.79 Å². The zero-order chi connectivity index (χ0) is 27.9. The quantitative estimate of drug-likeness (QED) is 0.343. The molecular weight excluding hydrogens is 494 g/mol. The van der Waals surface area contributed by atoms with Gasteiger partial charge in [0.05, 0.1) is 0 Å². The molecule has 1 aliphatic rings. The number of nitrogens with zero attached hydrogens (tertiary/aromatic N) is 1. The van der Waals surface area contributed by atoms with E-state index in [-0.39, 0.29) is 25.0 Å². The van der Waals surface area contributed by atoms with Gasteiger partial charge in [0.2, 0.25) is 5.91 Å². The fourth-order valence-electron chi connectivity index (χ4n) is 5.02. The molecule has 0 fully saturated rings. The molecule has 1 aliphatic carbocycles. The number of rotatable bonds is 11. The van der Waals surface area contributed by atoms with E-state index in [1.807, 2.05) is 78.7 Å². The van der Waals surface area contributed by atoms with Crippen LogP contribution in [0.1, 0.15) is 36.5 Å². The third kappa shape index (κ3) is 6.83. The summed E-state index contributed by atoms with van der Waals surface area (Å²) in [6.45, 7) is 4.25. The predicted octanol–water partition coefficient (Wildman–Crippen LogP) is 4.25. The summed E-state index contributed by atoms with van der Waals surface area (Å²) in [6.07, 6.45) is -0.735. The lowest BCUT2D eigenvalue weighted by atomic mass is 9.98. The first-order valence-corrected chi connectivity index (χ1v) is 13.1. The van der Waals surface area contributed by atoms with Crippen molar-refractivity contribution in [3.8, 4) is 11.1 Å². The lowest BCUT2D eigenvalue weighted by Gasteiger charge is -2.27. The van der Waals surface area contributed by atoms with Gasteiger partial charge in [0, 0.05) is 19.0 Å². The van der Waals surface area contributed by atoms with Gasteiger partial charge in [-0.3, -0.25) is 9.69 Å². The smallest absolute Gasteiger partial charge is 0.407 e. The van der Waals surface area contributed by atoms with Crippen LogP contribution in [0.2, 0.25) is 0 Å². The number of hydrogen-bond donors (Lipinski definition) is 3. The summed E-state index contributed by atoms with van der Waals surface area (Å²) in [5.74, 6) is -2.16. The number of benzene rings is 3. The van der Waals surface area contributed by atoms with Crippen molar-refractivity contribution in [1.29, 1.82) is 0 Å². The first kappa shape index (κ1) is 27.9. The van der Waals surface area contributed by atoms with Crippen LogP contribution in [0, 0.1) is 5.92 Å². The number of carbonyl (C=O) groups is 3. The van der Waals surface area contributed by atoms with E-state index < -0.39 is 30.1 Å². The van der Waals surface area contributed by atoms with Crippen LogP contribution in [-0.4, -0.2) is 60.3 Å². The zero-order valence-corrected chi connectivity index (χ0v) is 22.5. The predicted molar refractivity (Wildman–Crippen MR) is 149 cm³/mol. The standard InChI is InChI=1S/C31H35N3O5/c1-20(2)28(30(36)37)33-29(35)27(18-34(3)17-21-11-5-4-6-12-21)32-31(38)39-19-26-24-15-9-7-13-22(24)23-14-8-10-16-25(23)26/h4-16,20,26-28H,17-19H2,1-3H3,(H,32,38)(H,33,35)(H,36,37). The van der Waals surface area contributed by atoms with Crippen LogP contribution >= 0.6 is 0 Å². The number of ether oxygens (including phenoxy) is 1. The molecule has 0 radical (unpaired) electrons. The molecule has 0 heterocycles. The number of alkyl carbamates (subject to hydrolysis) is 1. The van der Waals surface area contributed by atoms with Crippen molar-refractivity contribution < 1.29 is 24.2 Å². The molecule has 2 unspecified atom stereocenters. The fraction of sp³-hybridized carbons (Fsp3) is 0.323. The summed E-state index contributed by atoms with van der Waals surface area (Å²) in [7, 11) is 1.84. The third-order valence-corrected chi connectivity index (χ3v) is 6.97. The van der Waals surface area contributed by atoms with Crippen LogP contribution < -0.4 is 10.6 Å². The number of hydrogen-bond acceptors (Lipinski definition) is 5. The van der Waals surface area contributed by atoms with E-state index in [0.717, 1.165) is 27.8 Å². The second-order valence-corrected chi connectivity index (χ2v) is 10.3. The number of aliphatic carboxylic acids is 1. The Balaban J connectivity index is 1.45. The largest absolute Gasteiger partial charge is 0.480 e. The first-order valence-electron chi connectivity index (χ1n) is 13.1. The highest BCUT2D eigenvalue weighted by Gasteiger charge is 2.32. The molecule has 0 bridgehead atoms. The normalized spacial score (nSPS) is 13.9. The second-order valence-electron chi connectivity index (χ2n) is 10.3. The van der Waals surface area contributed by atoms with Gasteiger partial charge in [-0.2, -0.15) is 0 Å². The Bertz CT molecular complexity index is 1260. The molecular formula is C31H35N3O5. The van der Waals surface area contributed by atoms with E-state index in [2.05, 4.69) is 22.8 Å². The van der Waals surface area contributed by atoms with E-state index in [4.69, 9.17) is 4.74 Å². The highest BCUT2D eigenvalue weighted by molar-refractivity contribution is 5.89. The molecule has 0 spiro atoms. The van der Waals surface area contributed by atoms with Crippen molar-refractivity contribution in [2.45, 2.75) is 38.4 Å². The molecule has 3 N–H and O–H groups in total. The maximum atomic E-state index is 13.2. The summed E-state index contributed by atoms with van der Waals surface area (Å²) in [5, 5.41) is 14.8. The maximum absolute atomic E-state index is 13.2. The summed E-state index contributed by atoms with van der Waals surface area (Å²) in [4.78, 5) is 39.8. The lowest BCUT2D eigenvalue weighted by Crippen LogP contribution is -2.56. The number of fused-ring (bicyclic) bond motifs is 3. The molecule has 0 saturated carbocycles. The Kier molecular flexibility index (Phi) is 8.99. The zero-order valence-electron chi connectivity index (χ0n) is 22.5. The minimum atomic E-state index is -1.13. The van der Waals surface area contributed by atoms with Gasteiger partial charge in [-0.05, 0) is 40.8 Å². The van der Waals surface area contributed by atoms with Crippen LogP contribution in [0.25, 0.3) is 11.1 Å². The van der Waals surface area contributed by atoms with E-state index >= 15 is 0 Å². The van der Waals surface area contributed by atoms with Gasteiger partial charge in [0.25, 0.3) is 0 Å². The van der Waals surface area contributed by atoms with Gasteiger partial charge >= 0.3 is 12.1 Å². The number of likely N-dealkylation sites (N-methyl/N-ethyl adjacent to an activating group) is 1. The van der Waals surface area contributed by atoms with E-state index in [1.165, 1.54) is 0 Å². The third-order valence-electron chi connectivity index (χ3n) is 6.97. The van der Waals surface area contributed by atoms with Gasteiger partial charge in [0.15, 0.2) is 0 Å². The van der Waals surface area contributed by atoms with Gasteiger partial charge < -0.3 is 20.5 Å². The van der Waals surface area contributed by atoms with Crippen molar-refractivity contribution in [2.24, 2.45) is 5.92 Å². The maximum Gasteiger partial charge on any atom is 0.407 e. The minimum absolute atomic E-state index is 0.109. The molecule has 0 aromatic heterocycles. The average molecular weight is 530 g/mol. The number of amides is 2. The van der Waals surface area contributed by atoms with Gasteiger partial charge in [-0.15, -0.1) is 0 Å². The Morgan fingerprint density at radius 2 is 1.44 bits per heavy atom. The van der Waals surface area contributed by atoms with Gasteiger partial charge in [0.1, 0.15) is 18.7 Å². The molecule has 204 valence electrons. The minimum Gasteiger partial charge on any atom is -0.480 e. The Morgan fingerprint density at radius 3 is 2.00 bits per heavy atom. The highest BCUT2D eigenvalue weighted by Crippen LogP contribution is 2.44. The van der Waals surface area contributed by atoms with Crippen molar-refractivity contribution >= 4 is 18.0 Å². The summed E-state index contributed by atoms with van der Waals surface area (Å²) < 4.78 is 5.66. The van der Waals surface area contributed by atoms with Crippen LogP contribution in [0.15, 0.2) is 78.9 Å². The highest BCUT2D eigenvalue weighted by atomic mass is 16.5. The molecule has 0 aliphatic heterocycles. The van der Waals surface area contributed by atoms with Crippen molar-refractivity contribution in [3.63, 3.8) is 0 Å². The molecule has 8 heteroatoms. The van der Waals surface area contributed by atoms with Crippen molar-refractivity contribution in [1.82, 2.24) is 15.5 Å². The fourth-order valence-corrected chi connectivity index (χ4v) is 5.02. The molecule has 2 atom stereocenters. The molecule has 8 nitrogen and oxygen atoms in total. The number of carboxylic acid groups (broad SMARTS) is 1. The van der Waals surface area contributed by atoms with E-state index in [0.29, 0.717) is 6.54 Å². The summed E-state index contributed by atoms with van der Waals surface area (Å²) in [6, 6.07) is 23.7. The lowest BCUT2D eigenvalue weighted by molar-refractivity contribution is -0.143. The van der Waals surface area contributed by atoms with Crippen molar-refractivity contribution in [3.05, 3.63) is 95.6 Å². The van der Waals surface area contributed by atoms with Gasteiger partial charge in [-0.25, -0.2) is 9.59 Å². The van der Waals surface area contributed by atoms with Crippen LogP contribution in [0.5, 0.6) is 0 Å². The average Bonchev–Trinajstić information content (AvgIpc) is 3.24. The first-order chi connectivity index (χ1) is 18.7. The Labute approximate surface area is 229 Å². The number of carbonyl (C=O) groups excluding carboxylic acids is 2. The van der Waals surface area contributed by atoms with Crippen LogP contribution in [0.3, 0.4) is 0 Å². The Morgan fingerprint density at radius 1 is 0.872 bits per heavy atom. The Hall–Kier alpha value is -4.17. The number of nitrogens with one attached hydrogen (secondary N) is 2. The monoisotopic (exact) mass is 529 g/mol. The SMILES string of the molecule is CC(C)C(NC(=O)C(CN(C)Cc1ccccc1)NC(=O)OCC1c2ccccc2-c2ccccc21)C(=O)O. The molecule has 39 heavy (non-hydrogen) atoms. The number of carboxylic acids is 1. The summed E-state index contributed by atoms with van der Waals surface area (Å²) >= 11 is 0. The molecule has 0 saturated heterocycles. The van der Waals surface area contributed by atoms with Crippen LogP contribution in [-0.2, 0) is 20.9 Å².